The van der Waals surface area contributed by atoms with Gasteiger partial charge in [0.05, 0.1) is 0 Å². The number of pyridine rings is 1. The first-order valence-corrected chi connectivity index (χ1v) is 7.70. The van der Waals surface area contributed by atoms with Crippen molar-refractivity contribution in [3.63, 3.8) is 0 Å². The van der Waals surface area contributed by atoms with Crippen molar-refractivity contribution in [3.05, 3.63) is 45.5 Å². The maximum atomic E-state index is 11.5. The van der Waals surface area contributed by atoms with Gasteiger partial charge in [-0.05, 0) is 36.7 Å². The monoisotopic (exact) mass is 304 g/mol. The van der Waals surface area contributed by atoms with Crippen LogP contribution in [0.3, 0.4) is 0 Å². The van der Waals surface area contributed by atoms with E-state index < -0.39 is 0 Å². The van der Waals surface area contributed by atoms with Gasteiger partial charge in [-0.25, -0.2) is 9.97 Å². The highest BCUT2D eigenvalue weighted by molar-refractivity contribution is 7.99. The van der Waals surface area contributed by atoms with E-state index in [9.17, 15) is 4.79 Å². The third kappa shape index (κ3) is 4.68. The van der Waals surface area contributed by atoms with Crippen LogP contribution in [0.2, 0.25) is 0 Å². The number of H-pyrrole nitrogens is 1. The smallest absolute Gasteiger partial charge is 0.251 e. The maximum Gasteiger partial charge on any atom is 0.251 e. The molecule has 0 saturated carbocycles. The van der Waals surface area contributed by atoms with Crippen LogP contribution in [-0.2, 0) is 6.54 Å². The van der Waals surface area contributed by atoms with Crippen LogP contribution in [0.4, 0.5) is 0 Å². The Kier molecular flexibility index (Phi) is 5.14. The van der Waals surface area contributed by atoms with E-state index in [2.05, 4.69) is 40.2 Å². The minimum absolute atomic E-state index is 0.139. The molecule has 112 valence electrons. The molecule has 0 spiro atoms. The van der Waals surface area contributed by atoms with Crippen molar-refractivity contribution in [2.45, 2.75) is 50.5 Å². The molecule has 0 amide bonds. The molecule has 0 unspecified atom stereocenters. The van der Waals surface area contributed by atoms with Crippen molar-refractivity contribution in [3.8, 4) is 0 Å². The van der Waals surface area contributed by atoms with E-state index >= 15 is 0 Å². The summed E-state index contributed by atoms with van der Waals surface area (Å²) in [7, 11) is 0. The Morgan fingerprint density at radius 1 is 1.33 bits per heavy atom. The van der Waals surface area contributed by atoms with Crippen molar-refractivity contribution in [2.24, 2.45) is 0 Å². The van der Waals surface area contributed by atoms with Crippen LogP contribution < -0.4 is 10.9 Å². The lowest BCUT2D eigenvalue weighted by Crippen LogP contribution is -2.21. The minimum Gasteiger partial charge on any atom is -0.310 e. The van der Waals surface area contributed by atoms with Gasteiger partial charge in [0.25, 0.3) is 5.56 Å². The molecule has 5 nitrogen and oxygen atoms in total. The van der Waals surface area contributed by atoms with E-state index in [1.165, 1.54) is 17.8 Å². The second-order valence-electron chi connectivity index (χ2n) is 5.30. The Morgan fingerprint density at radius 2 is 2.10 bits per heavy atom. The van der Waals surface area contributed by atoms with Crippen molar-refractivity contribution in [1.82, 2.24) is 20.3 Å². The van der Waals surface area contributed by atoms with Crippen molar-refractivity contribution in [1.29, 1.82) is 0 Å². The van der Waals surface area contributed by atoms with E-state index in [0.717, 1.165) is 22.7 Å². The van der Waals surface area contributed by atoms with Crippen LogP contribution in [0.1, 0.15) is 30.7 Å². The van der Waals surface area contributed by atoms with Gasteiger partial charge in [-0.1, -0.05) is 19.9 Å². The van der Waals surface area contributed by atoms with Gasteiger partial charge in [-0.3, -0.25) is 4.79 Å². The van der Waals surface area contributed by atoms with Gasteiger partial charge < -0.3 is 10.3 Å². The van der Waals surface area contributed by atoms with Gasteiger partial charge in [0.15, 0.2) is 5.16 Å². The second kappa shape index (κ2) is 6.87. The van der Waals surface area contributed by atoms with Crippen molar-refractivity contribution >= 4 is 11.8 Å². The average molecular weight is 304 g/mol. The highest BCUT2D eigenvalue weighted by Crippen LogP contribution is 2.25. The number of nitrogens with zero attached hydrogens (tertiary/aromatic N) is 2. The summed E-state index contributed by atoms with van der Waals surface area (Å²) < 4.78 is 0. The van der Waals surface area contributed by atoms with Crippen molar-refractivity contribution in [2.75, 3.05) is 0 Å². The number of nitrogens with one attached hydrogen (secondary N) is 2. The van der Waals surface area contributed by atoms with Gasteiger partial charge in [0.1, 0.15) is 5.03 Å². The lowest BCUT2D eigenvalue weighted by Gasteiger charge is -2.10. The lowest BCUT2D eigenvalue weighted by molar-refractivity contribution is 0.587. The Bertz CT molecular complexity index is 682. The highest BCUT2D eigenvalue weighted by Gasteiger charge is 2.07. The summed E-state index contributed by atoms with van der Waals surface area (Å²) in [6, 6.07) is 4.03. The molecule has 0 aliphatic carbocycles. The summed E-state index contributed by atoms with van der Waals surface area (Å²) in [5, 5.41) is 4.80. The molecule has 2 N–H and O–H groups in total. The Hall–Kier alpha value is -1.66. The normalized spacial score (nSPS) is 11.1. The van der Waals surface area contributed by atoms with Gasteiger partial charge in [0.2, 0.25) is 0 Å². The van der Waals surface area contributed by atoms with Crippen LogP contribution >= 0.6 is 11.8 Å². The lowest BCUT2D eigenvalue weighted by atomic mass is 10.2. The summed E-state index contributed by atoms with van der Waals surface area (Å²) >= 11 is 1.38. The van der Waals surface area contributed by atoms with Crippen LogP contribution in [0.5, 0.6) is 0 Å². The quantitative estimate of drug-likeness (QED) is 0.830. The fourth-order valence-corrected chi connectivity index (χ4v) is 2.69. The standard InChI is InChI=1S/C15H20N4OS/c1-9(2)16-7-12-5-10(3)14(17-8-12)21-15-18-11(4)6-13(20)19-15/h5-6,8-9,16H,7H2,1-4H3,(H,18,19,20). The molecule has 0 bridgehead atoms. The predicted molar refractivity (Wildman–Crippen MR) is 84.7 cm³/mol. The Labute approximate surface area is 128 Å². The predicted octanol–water partition coefficient (Wildman–Crippen LogP) is 2.43. The van der Waals surface area contributed by atoms with Gasteiger partial charge in [-0.2, -0.15) is 0 Å². The first-order valence-electron chi connectivity index (χ1n) is 6.89. The first kappa shape index (κ1) is 15.7. The molecule has 0 fully saturated rings. The second-order valence-corrected chi connectivity index (χ2v) is 6.27. The number of hydrogen-bond donors (Lipinski definition) is 2. The molecule has 0 atom stereocenters. The number of rotatable bonds is 5. The molecule has 0 aromatic carbocycles. The topological polar surface area (TPSA) is 70.7 Å². The van der Waals surface area contributed by atoms with Crippen LogP contribution in [0, 0.1) is 13.8 Å². The zero-order chi connectivity index (χ0) is 15.4. The summed E-state index contributed by atoms with van der Waals surface area (Å²) in [4.78, 5) is 23.0. The molecule has 2 heterocycles. The summed E-state index contributed by atoms with van der Waals surface area (Å²) in [6.45, 7) is 8.85. The number of aromatic amines is 1. The maximum absolute atomic E-state index is 11.5. The molecule has 0 saturated heterocycles. The van der Waals surface area contributed by atoms with E-state index in [-0.39, 0.29) is 5.56 Å². The van der Waals surface area contributed by atoms with Gasteiger partial charge in [-0.15, -0.1) is 0 Å². The fraction of sp³-hybridized carbons (Fsp3) is 0.400. The van der Waals surface area contributed by atoms with E-state index in [4.69, 9.17) is 0 Å². The van der Waals surface area contributed by atoms with E-state index in [0.29, 0.717) is 16.9 Å². The molecule has 0 radical (unpaired) electrons. The first-order chi connectivity index (χ1) is 9.94. The molecule has 0 aliphatic heterocycles. The molecule has 2 aromatic rings. The zero-order valence-electron chi connectivity index (χ0n) is 12.7. The summed E-state index contributed by atoms with van der Waals surface area (Å²) in [5.41, 5.74) is 2.79. The van der Waals surface area contributed by atoms with E-state index in [1.807, 2.05) is 13.1 Å². The largest absolute Gasteiger partial charge is 0.310 e. The molecular weight excluding hydrogens is 284 g/mol. The molecule has 2 aromatic heterocycles. The Morgan fingerprint density at radius 3 is 2.71 bits per heavy atom. The van der Waals surface area contributed by atoms with Crippen LogP contribution in [0.25, 0.3) is 0 Å². The summed E-state index contributed by atoms with van der Waals surface area (Å²) in [5.74, 6) is 0. The minimum atomic E-state index is -0.139. The molecular formula is C15H20N4OS. The van der Waals surface area contributed by atoms with Gasteiger partial charge in [0, 0.05) is 30.5 Å². The molecule has 0 aliphatic rings. The third-order valence-electron chi connectivity index (χ3n) is 2.84. The van der Waals surface area contributed by atoms with Crippen LogP contribution in [0.15, 0.2) is 33.3 Å². The van der Waals surface area contributed by atoms with Crippen molar-refractivity contribution < 1.29 is 0 Å². The average Bonchev–Trinajstić information content (AvgIpc) is 2.38. The highest BCUT2D eigenvalue weighted by atomic mass is 32.2. The Balaban J connectivity index is 2.15. The SMILES string of the molecule is Cc1cc(=O)[nH]c(Sc2ncc(CNC(C)C)cc2C)n1. The van der Waals surface area contributed by atoms with Gasteiger partial charge >= 0.3 is 0 Å². The molecule has 6 heteroatoms. The zero-order valence-corrected chi connectivity index (χ0v) is 13.5. The molecule has 2 rings (SSSR count). The summed E-state index contributed by atoms with van der Waals surface area (Å²) in [6.07, 6.45) is 1.86. The number of hydrogen-bond acceptors (Lipinski definition) is 5. The number of aromatic nitrogens is 3. The third-order valence-corrected chi connectivity index (χ3v) is 3.85. The van der Waals surface area contributed by atoms with E-state index in [1.54, 1.807) is 6.92 Å². The van der Waals surface area contributed by atoms with Crippen LogP contribution in [-0.4, -0.2) is 21.0 Å². The fourth-order valence-electron chi connectivity index (χ4n) is 1.84. The molecule has 21 heavy (non-hydrogen) atoms. The number of aryl methyl sites for hydroxylation is 2.